The molecule has 118 valence electrons. The highest BCUT2D eigenvalue weighted by Gasteiger charge is 2.26. The van der Waals surface area contributed by atoms with Crippen molar-refractivity contribution in [2.75, 3.05) is 0 Å². The van der Waals surface area contributed by atoms with Gasteiger partial charge < -0.3 is 14.8 Å². The predicted molar refractivity (Wildman–Crippen MR) is 79.4 cm³/mol. The van der Waals surface area contributed by atoms with Crippen LogP contribution in [0.2, 0.25) is 0 Å². The number of carboxylic acid groups (broad SMARTS) is 1. The van der Waals surface area contributed by atoms with Crippen molar-refractivity contribution in [1.82, 2.24) is 15.5 Å². The zero-order valence-electron chi connectivity index (χ0n) is 12.7. The van der Waals surface area contributed by atoms with Crippen molar-refractivity contribution in [3.63, 3.8) is 0 Å². The minimum absolute atomic E-state index is 0.124. The molecule has 2 heterocycles. The van der Waals surface area contributed by atoms with Gasteiger partial charge in [-0.15, -0.1) is 0 Å². The maximum atomic E-state index is 12.1. The molecular weight excluding hydrogens is 286 g/mol. The fraction of sp³-hybridized carbons (Fsp3) is 0.400. The number of aromatic nitrogens is 2. The van der Waals surface area contributed by atoms with Crippen LogP contribution in [0.25, 0.3) is 11.5 Å². The fourth-order valence-corrected chi connectivity index (χ4v) is 2.04. The van der Waals surface area contributed by atoms with E-state index in [0.29, 0.717) is 17.9 Å². The third kappa shape index (κ3) is 3.36. The Balaban J connectivity index is 2.13. The van der Waals surface area contributed by atoms with Gasteiger partial charge in [0.1, 0.15) is 17.5 Å². The van der Waals surface area contributed by atoms with E-state index in [0.717, 1.165) is 5.76 Å². The number of aromatic amines is 1. The summed E-state index contributed by atoms with van der Waals surface area (Å²) < 4.78 is 5.44. The average Bonchev–Trinajstić information content (AvgIpc) is 3.11. The van der Waals surface area contributed by atoms with Gasteiger partial charge in [-0.2, -0.15) is 5.10 Å². The van der Waals surface area contributed by atoms with Gasteiger partial charge in [0.05, 0.1) is 0 Å². The number of aliphatic carboxylic acids is 1. The molecule has 0 aliphatic carbocycles. The molecule has 1 amide bonds. The average molecular weight is 305 g/mol. The number of nitrogens with zero attached hydrogens (tertiary/aromatic N) is 1. The first-order valence-corrected chi connectivity index (χ1v) is 7.08. The molecule has 0 aliphatic rings. The van der Waals surface area contributed by atoms with Gasteiger partial charge in [0.15, 0.2) is 11.5 Å². The standard InChI is InChI=1S/C15H19N3O4/c1-4-8(2)13(15(20)21)16-14(19)11-7-10(17-18-11)12-6-5-9(3)22-12/h5-8,13H,4H2,1-3H3,(H,16,19)(H,17,18)(H,20,21)/t8-,13-/m0/s1. The molecule has 2 rings (SSSR count). The molecule has 3 N–H and O–H groups in total. The summed E-state index contributed by atoms with van der Waals surface area (Å²) in [7, 11) is 0. The summed E-state index contributed by atoms with van der Waals surface area (Å²) >= 11 is 0. The van der Waals surface area contributed by atoms with Gasteiger partial charge >= 0.3 is 5.97 Å². The fourth-order valence-electron chi connectivity index (χ4n) is 2.04. The second kappa shape index (κ2) is 6.46. The molecule has 0 spiro atoms. The molecule has 7 heteroatoms. The molecule has 2 aromatic heterocycles. The highest BCUT2D eigenvalue weighted by Crippen LogP contribution is 2.20. The molecule has 0 bridgehead atoms. The molecule has 2 atom stereocenters. The van der Waals surface area contributed by atoms with Crippen molar-refractivity contribution in [2.45, 2.75) is 33.2 Å². The van der Waals surface area contributed by atoms with Crippen LogP contribution >= 0.6 is 0 Å². The Kier molecular flexibility index (Phi) is 4.65. The van der Waals surface area contributed by atoms with Crippen molar-refractivity contribution in [3.8, 4) is 11.5 Å². The first-order chi connectivity index (χ1) is 10.4. The molecule has 2 aromatic rings. The van der Waals surface area contributed by atoms with Crippen LogP contribution in [0.15, 0.2) is 22.6 Å². The Morgan fingerprint density at radius 1 is 1.45 bits per heavy atom. The van der Waals surface area contributed by atoms with Gasteiger partial charge in [-0.3, -0.25) is 9.89 Å². The van der Waals surface area contributed by atoms with E-state index in [-0.39, 0.29) is 11.6 Å². The first-order valence-electron chi connectivity index (χ1n) is 7.08. The SMILES string of the molecule is CC[C@H](C)[C@H](NC(=O)c1cc(-c2ccc(C)o2)[nH]n1)C(=O)O. The number of hydrogen-bond donors (Lipinski definition) is 3. The summed E-state index contributed by atoms with van der Waals surface area (Å²) in [5.41, 5.74) is 0.687. The molecule has 0 unspecified atom stereocenters. The number of carbonyl (C=O) groups is 2. The topological polar surface area (TPSA) is 108 Å². The Labute approximate surface area is 127 Å². The van der Waals surface area contributed by atoms with E-state index in [1.807, 2.05) is 13.8 Å². The van der Waals surface area contributed by atoms with Crippen molar-refractivity contribution in [1.29, 1.82) is 0 Å². The Hall–Kier alpha value is -2.57. The zero-order valence-corrected chi connectivity index (χ0v) is 12.7. The zero-order chi connectivity index (χ0) is 16.3. The van der Waals surface area contributed by atoms with Crippen molar-refractivity contribution in [2.24, 2.45) is 5.92 Å². The summed E-state index contributed by atoms with van der Waals surface area (Å²) in [6.45, 7) is 5.47. The van der Waals surface area contributed by atoms with E-state index in [2.05, 4.69) is 15.5 Å². The van der Waals surface area contributed by atoms with Crippen LogP contribution in [0.5, 0.6) is 0 Å². The quantitative estimate of drug-likeness (QED) is 0.758. The Bertz CT molecular complexity index is 674. The number of nitrogens with one attached hydrogen (secondary N) is 2. The summed E-state index contributed by atoms with van der Waals surface area (Å²) in [6.07, 6.45) is 0.648. The number of carboxylic acids is 1. The van der Waals surface area contributed by atoms with E-state index in [4.69, 9.17) is 4.42 Å². The smallest absolute Gasteiger partial charge is 0.326 e. The van der Waals surface area contributed by atoms with Gasteiger partial charge in [0.25, 0.3) is 5.91 Å². The summed E-state index contributed by atoms with van der Waals surface area (Å²) in [6, 6.07) is 4.16. The minimum atomic E-state index is -1.06. The van der Waals surface area contributed by atoms with Gasteiger partial charge in [0.2, 0.25) is 0 Å². The van der Waals surface area contributed by atoms with E-state index < -0.39 is 17.9 Å². The molecule has 0 saturated carbocycles. The van der Waals surface area contributed by atoms with Crippen molar-refractivity contribution >= 4 is 11.9 Å². The maximum Gasteiger partial charge on any atom is 0.326 e. The summed E-state index contributed by atoms with van der Waals surface area (Å²) in [5.74, 6) is -0.440. The first kappa shape index (κ1) is 15.8. The molecular formula is C15H19N3O4. The Morgan fingerprint density at radius 3 is 2.73 bits per heavy atom. The third-order valence-electron chi connectivity index (χ3n) is 3.58. The minimum Gasteiger partial charge on any atom is -0.480 e. The molecule has 0 radical (unpaired) electrons. The lowest BCUT2D eigenvalue weighted by molar-refractivity contribution is -0.140. The number of amides is 1. The number of aryl methyl sites for hydroxylation is 1. The van der Waals surface area contributed by atoms with Crippen LogP contribution in [-0.4, -0.2) is 33.2 Å². The molecule has 0 fully saturated rings. The number of H-pyrrole nitrogens is 1. The van der Waals surface area contributed by atoms with Gasteiger partial charge in [-0.1, -0.05) is 20.3 Å². The molecule has 0 aromatic carbocycles. The van der Waals surface area contributed by atoms with Crippen LogP contribution in [-0.2, 0) is 4.79 Å². The van der Waals surface area contributed by atoms with Crippen LogP contribution in [0.1, 0.15) is 36.5 Å². The lowest BCUT2D eigenvalue weighted by atomic mass is 9.99. The normalized spacial score (nSPS) is 13.6. The van der Waals surface area contributed by atoms with Crippen molar-refractivity contribution < 1.29 is 19.1 Å². The van der Waals surface area contributed by atoms with E-state index in [1.165, 1.54) is 6.07 Å². The van der Waals surface area contributed by atoms with Crippen molar-refractivity contribution in [3.05, 3.63) is 29.7 Å². The lowest BCUT2D eigenvalue weighted by Crippen LogP contribution is -2.45. The van der Waals surface area contributed by atoms with Gasteiger partial charge in [-0.05, 0) is 25.0 Å². The summed E-state index contributed by atoms with van der Waals surface area (Å²) in [5, 5.41) is 18.3. The second-order valence-corrected chi connectivity index (χ2v) is 5.25. The van der Waals surface area contributed by atoms with Crippen LogP contribution < -0.4 is 5.32 Å². The maximum absolute atomic E-state index is 12.1. The second-order valence-electron chi connectivity index (χ2n) is 5.25. The monoisotopic (exact) mass is 305 g/mol. The third-order valence-corrected chi connectivity index (χ3v) is 3.58. The van der Waals surface area contributed by atoms with Crippen LogP contribution in [0, 0.1) is 12.8 Å². The predicted octanol–water partition coefficient (Wildman–Crippen LogP) is 2.21. The number of furan rings is 1. The Morgan fingerprint density at radius 2 is 2.18 bits per heavy atom. The molecule has 0 saturated heterocycles. The van der Waals surface area contributed by atoms with E-state index in [9.17, 15) is 14.7 Å². The summed E-state index contributed by atoms with van der Waals surface area (Å²) in [4.78, 5) is 23.4. The molecule has 7 nitrogen and oxygen atoms in total. The molecule has 0 aliphatic heterocycles. The lowest BCUT2D eigenvalue weighted by Gasteiger charge is -2.19. The van der Waals surface area contributed by atoms with Crippen LogP contribution in [0.3, 0.4) is 0 Å². The van der Waals surface area contributed by atoms with E-state index >= 15 is 0 Å². The number of hydrogen-bond acceptors (Lipinski definition) is 4. The van der Waals surface area contributed by atoms with Gasteiger partial charge in [-0.25, -0.2) is 4.79 Å². The number of rotatable bonds is 6. The highest BCUT2D eigenvalue weighted by atomic mass is 16.4. The van der Waals surface area contributed by atoms with Gasteiger partial charge in [0, 0.05) is 6.07 Å². The van der Waals surface area contributed by atoms with Crippen LogP contribution in [0.4, 0.5) is 0 Å². The van der Waals surface area contributed by atoms with E-state index in [1.54, 1.807) is 19.1 Å². The number of carbonyl (C=O) groups excluding carboxylic acids is 1. The largest absolute Gasteiger partial charge is 0.480 e. The molecule has 22 heavy (non-hydrogen) atoms. The highest BCUT2D eigenvalue weighted by molar-refractivity contribution is 5.95.